The summed E-state index contributed by atoms with van der Waals surface area (Å²) in [5.74, 6) is 0. The molecule has 0 aromatic carbocycles. The van der Waals surface area contributed by atoms with Crippen LogP contribution in [0.3, 0.4) is 0 Å². The Labute approximate surface area is 63.0 Å². The fourth-order valence-electron chi connectivity index (χ4n) is 0. The first-order valence-electron chi connectivity index (χ1n) is 2.32. The first-order chi connectivity index (χ1) is 3.73. The molecule has 0 saturated carbocycles. The Hall–Kier alpha value is 0.474. The van der Waals surface area contributed by atoms with Crippen molar-refractivity contribution in [3.05, 3.63) is 6.92 Å². The minimum atomic E-state index is -0.167. The van der Waals surface area contributed by atoms with Crippen LogP contribution in [0.1, 0.15) is 20.8 Å². The molecule has 0 radical (unpaired) electrons. The van der Waals surface area contributed by atoms with Gasteiger partial charge in [0.15, 0.2) is 0 Å². The first kappa shape index (κ1) is 15.8. The van der Waals surface area contributed by atoms with E-state index in [0.29, 0.717) is 0 Å². The molecule has 2 nitrogen and oxygen atoms in total. The molecule has 49 valence electrons. The van der Waals surface area contributed by atoms with E-state index in [2.05, 4.69) is 6.92 Å². The van der Waals surface area contributed by atoms with Crippen molar-refractivity contribution in [2.24, 2.45) is 0 Å². The average molecular weight is 153 g/mol. The zero-order chi connectivity index (χ0) is 7.58. The van der Waals surface area contributed by atoms with Gasteiger partial charge in [-0.1, -0.05) is 0 Å². The van der Waals surface area contributed by atoms with E-state index in [1.807, 2.05) is 0 Å². The molecule has 0 saturated heterocycles. The standard InChI is InChI=1S/C3H8O.C2H5.O.Ti/c1-3(2)4;1-2;;/h3-4H,1-2H3;1H2,2H3;;/q;-1;;+1. The SMILES string of the molecule is CC(C)O.[CH2-]C.[O]=[Ti+]. The van der Waals surface area contributed by atoms with Gasteiger partial charge in [0.2, 0.25) is 0 Å². The van der Waals surface area contributed by atoms with Gasteiger partial charge in [-0.3, -0.25) is 0 Å². The van der Waals surface area contributed by atoms with Crippen molar-refractivity contribution in [1.82, 2.24) is 0 Å². The van der Waals surface area contributed by atoms with Gasteiger partial charge < -0.3 is 12.0 Å². The van der Waals surface area contributed by atoms with Gasteiger partial charge in [-0.25, -0.2) is 0 Å². The van der Waals surface area contributed by atoms with Crippen LogP contribution < -0.4 is 0 Å². The van der Waals surface area contributed by atoms with Gasteiger partial charge in [0, 0.05) is 6.10 Å². The molecule has 1 N–H and O–H groups in total. The second-order valence-electron chi connectivity index (χ2n) is 1.09. The topological polar surface area (TPSA) is 37.3 Å². The van der Waals surface area contributed by atoms with E-state index in [-0.39, 0.29) is 6.10 Å². The second-order valence-corrected chi connectivity index (χ2v) is 1.09. The molecule has 0 aromatic rings. The third kappa shape index (κ3) is 863. The summed E-state index contributed by atoms with van der Waals surface area (Å²) >= 11 is 0.750. The maximum atomic E-state index is 8.25. The van der Waals surface area contributed by atoms with Gasteiger partial charge in [0.1, 0.15) is 0 Å². The van der Waals surface area contributed by atoms with Gasteiger partial charge in [0.05, 0.1) is 0 Å². The molecule has 8 heavy (non-hydrogen) atoms. The van der Waals surface area contributed by atoms with Crippen LogP contribution in [0.15, 0.2) is 0 Å². The number of hydrogen-bond donors (Lipinski definition) is 1. The van der Waals surface area contributed by atoms with Crippen LogP contribution in [0.4, 0.5) is 0 Å². The van der Waals surface area contributed by atoms with Crippen LogP contribution in [0, 0.1) is 6.92 Å². The van der Waals surface area contributed by atoms with E-state index in [9.17, 15) is 0 Å². The van der Waals surface area contributed by atoms with E-state index < -0.39 is 0 Å². The van der Waals surface area contributed by atoms with E-state index in [1.54, 1.807) is 20.8 Å². The van der Waals surface area contributed by atoms with Gasteiger partial charge in [-0.15, -0.1) is 0 Å². The molecule has 0 fully saturated rings. The van der Waals surface area contributed by atoms with E-state index in [1.165, 1.54) is 0 Å². The van der Waals surface area contributed by atoms with Crippen LogP contribution in [-0.2, 0) is 23.7 Å². The molecule has 0 amide bonds. The first-order valence-corrected chi connectivity index (χ1v) is 2.96. The average Bonchev–Trinajstić information content (AvgIpc) is 1.75. The van der Waals surface area contributed by atoms with Crippen molar-refractivity contribution >= 4 is 0 Å². The zero-order valence-electron chi connectivity index (χ0n) is 5.64. The van der Waals surface area contributed by atoms with Crippen LogP contribution in [0.25, 0.3) is 0 Å². The summed E-state index contributed by atoms with van der Waals surface area (Å²) in [6.07, 6.45) is -0.167. The Morgan fingerprint density at radius 1 is 1.38 bits per heavy atom. The molecule has 0 aromatic heterocycles. The van der Waals surface area contributed by atoms with Crippen LogP contribution in [0.2, 0.25) is 0 Å². The Morgan fingerprint density at radius 2 is 1.38 bits per heavy atom. The number of hydrogen-bond acceptors (Lipinski definition) is 2. The fraction of sp³-hybridized carbons (Fsp3) is 0.800. The van der Waals surface area contributed by atoms with Crippen LogP contribution in [-0.4, -0.2) is 11.2 Å². The molecule has 0 rings (SSSR count). The summed E-state index contributed by atoms with van der Waals surface area (Å²) in [6, 6.07) is 0. The van der Waals surface area contributed by atoms with Crippen LogP contribution >= 0.6 is 0 Å². The van der Waals surface area contributed by atoms with Crippen molar-refractivity contribution in [3.8, 4) is 0 Å². The van der Waals surface area contributed by atoms with Crippen molar-refractivity contribution in [2.75, 3.05) is 0 Å². The van der Waals surface area contributed by atoms with Crippen molar-refractivity contribution in [3.63, 3.8) is 0 Å². The molecular formula is C5H13O2Ti. The third-order valence-electron chi connectivity index (χ3n) is 0. The van der Waals surface area contributed by atoms with Crippen molar-refractivity contribution in [2.45, 2.75) is 26.9 Å². The van der Waals surface area contributed by atoms with Gasteiger partial charge >= 0.3 is 23.7 Å². The molecule has 0 heterocycles. The molecule has 0 aliphatic rings. The molecule has 0 aliphatic carbocycles. The number of aliphatic hydroxyl groups is 1. The molecule has 3 heteroatoms. The molecule has 0 atom stereocenters. The molecule has 0 bridgehead atoms. The third-order valence-corrected chi connectivity index (χ3v) is 0. The maximum absolute atomic E-state index is 8.25. The summed E-state index contributed by atoms with van der Waals surface area (Å²) < 4.78 is 8.25. The monoisotopic (exact) mass is 153 g/mol. The van der Waals surface area contributed by atoms with Gasteiger partial charge in [0.25, 0.3) is 0 Å². The quantitative estimate of drug-likeness (QED) is 0.418. The van der Waals surface area contributed by atoms with Crippen LogP contribution in [0.5, 0.6) is 0 Å². The number of aliphatic hydroxyl groups excluding tert-OH is 1. The van der Waals surface area contributed by atoms with Gasteiger partial charge in [-0.2, -0.15) is 6.92 Å². The van der Waals surface area contributed by atoms with E-state index >= 15 is 0 Å². The fourth-order valence-corrected chi connectivity index (χ4v) is 0. The van der Waals surface area contributed by atoms with Gasteiger partial charge in [-0.05, 0) is 13.8 Å². The summed E-state index contributed by atoms with van der Waals surface area (Å²) in [7, 11) is 0. The summed E-state index contributed by atoms with van der Waals surface area (Å²) in [5, 5.41) is 8.06. The van der Waals surface area contributed by atoms with E-state index in [0.717, 1.165) is 20.4 Å². The Kier molecular flexibility index (Phi) is 51.3. The zero-order valence-corrected chi connectivity index (χ0v) is 7.20. The summed E-state index contributed by atoms with van der Waals surface area (Å²) in [4.78, 5) is 0. The predicted octanol–water partition coefficient (Wildman–Crippen LogP) is 1.11. The van der Waals surface area contributed by atoms with Crippen molar-refractivity contribution < 1.29 is 28.8 Å². The summed E-state index contributed by atoms with van der Waals surface area (Å²) in [5.41, 5.74) is 0. The normalized spacial score (nSPS) is 6.00. The van der Waals surface area contributed by atoms with Crippen molar-refractivity contribution in [1.29, 1.82) is 0 Å². The Bertz CT molecular complexity index is 21.6. The number of rotatable bonds is 0. The second kappa shape index (κ2) is 26.0. The van der Waals surface area contributed by atoms with E-state index in [4.69, 9.17) is 8.43 Å². The summed E-state index contributed by atoms with van der Waals surface area (Å²) in [6.45, 7) is 8.44. The molecule has 0 unspecified atom stereocenters. The Balaban J connectivity index is -0.0000000542. The predicted molar refractivity (Wildman–Crippen MR) is 29.1 cm³/mol. The molecular weight excluding hydrogens is 140 g/mol. The minimum absolute atomic E-state index is 0.167. The molecule has 0 aliphatic heterocycles. The Morgan fingerprint density at radius 3 is 1.38 bits per heavy atom. The molecule has 0 spiro atoms.